The molecule has 1 aromatic heterocycles. The van der Waals surface area contributed by atoms with Crippen molar-refractivity contribution in [1.29, 1.82) is 0 Å². The molecule has 2 aromatic carbocycles. The van der Waals surface area contributed by atoms with Crippen LogP contribution >= 0.6 is 23.4 Å². The van der Waals surface area contributed by atoms with Gasteiger partial charge in [0.25, 0.3) is 0 Å². The van der Waals surface area contributed by atoms with E-state index in [1.54, 1.807) is 25.3 Å². The quantitative estimate of drug-likeness (QED) is 0.563. The van der Waals surface area contributed by atoms with E-state index in [1.165, 1.54) is 11.8 Å². The van der Waals surface area contributed by atoms with Crippen molar-refractivity contribution in [1.82, 2.24) is 9.55 Å². The monoisotopic (exact) mass is 433 g/mol. The number of imidazole rings is 1. The van der Waals surface area contributed by atoms with E-state index in [0.717, 1.165) is 16.2 Å². The lowest BCUT2D eigenvalue weighted by Gasteiger charge is -2.13. The maximum absolute atomic E-state index is 12.7. The number of anilines is 1. The topological polar surface area (TPSA) is 74.6 Å². The summed E-state index contributed by atoms with van der Waals surface area (Å²) in [5, 5.41) is 3.92. The lowest BCUT2D eigenvalue weighted by Crippen LogP contribution is -2.23. The number of thioether (sulfide) groups is 1. The molecule has 0 saturated carbocycles. The van der Waals surface area contributed by atoms with Gasteiger partial charge in [-0.3, -0.25) is 4.79 Å². The van der Waals surface area contributed by atoms with Crippen LogP contribution in [0.3, 0.4) is 0 Å². The van der Waals surface area contributed by atoms with Crippen LogP contribution in [0.15, 0.2) is 41.6 Å². The average molecular weight is 434 g/mol. The van der Waals surface area contributed by atoms with Crippen LogP contribution in [0.2, 0.25) is 5.02 Å². The minimum absolute atomic E-state index is 0.128. The number of nitrogens with one attached hydrogen (secondary N) is 1. The Morgan fingerprint density at radius 3 is 2.97 bits per heavy atom. The highest BCUT2D eigenvalue weighted by Crippen LogP contribution is 2.35. The Morgan fingerprint density at radius 2 is 2.14 bits per heavy atom. The van der Waals surface area contributed by atoms with E-state index >= 15 is 0 Å². The zero-order chi connectivity index (χ0) is 20.4. The third-order valence-corrected chi connectivity index (χ3v) is 5.81. The number of benzene rings is 2. The second-order valence-electron chi connectivity index (χ2n) is 6.49. The summed E-state index contributed by atoms with van der Waals surface area (Å²) in [6.07, 6.45) is 0. The molecule has 0 aliphatic carbocycles. The molecule has 0 saturated heterocycles. The fraction of sp³-hybridized carbons (Fsp3) is 0.300. The summed E-state index contributed by atoms with van der Waals surface area (Å²) in [5.74, 6) is 1.18. The molecule has 0 radical (unpaired) electrons. The molecule has 4 rings (SSSR count). The van der Waals surface area contributed by atoms with Gasteiger partial charge in [0.1, 0.15) is 0 Å². The fourth-order valence-corrected chi connectivity index (χ4v) is 4.12. The van der Waals surface area contributed by atoms with Crippen molar-refractivity contribution in [3.63, 3.8) is 0 Å². The fourth-order valence-electron chi connectivity index (χ4n) is 3.00. The Labute approximate surface area is 177 Å². The van der Waals surface area contributed by atoms with Crippen molar-refractivity contribution in [3.8, 4) is 11.5 Å². The Kier molecular flexibility index (Phi) is 5.84. The van der Waals surface area contributed by atoms with E-state index < -0.39 is 0 Å². The van der Waals surface area contributed by atoms with Gasteiger partial charge in [-0.1, -0.05) is 23.4 Å². The number of amides is 1. The van der Waals surface area contributed by atoms with E-state index in [0.29, 0.717) is 35.4 Å². The van der Waals surface area contributed by atoms with Crippen molar-refractivity contribution in [2.45, 2.75) is 23.9 Å². The number of rotatable bonds is 7. The van der Waals surface area contributed by atoms with Gasteiger partial charge in [0.05, 0.1) is 22.9 Å². The van der Waals surface area contributed by atoms with E-state index in [1.807, 2.05) is 29.7 Å². The molecule has 29 heavy (non-hydrogen) atoms. The SMILES string of the molecule is COCCn1c(S[C@H](C)C(=O)Nc2ccc3c(c2)OCO3)nc2cc(Cl)ccc21. The van der Waals surface area contributed by atoms with Gasteiger partial charge >= 0.3 is 0 Å². The number of aromatic nitrogens is 2. The number of nitrogens with zero attached hydrogens (tertiary/aromatic N) is 2. The number of carbonyl (C=O) groups excluding carboxylic acids is 1. The predicted octanol–water partition coefficient (Wildman–Crippen LogP) is 4.18. The summed E-state index contributed by atoms with van der Waals surface area (Å²) in [6.45, 7) is 3.22. The molecule has 1 amide bonds. The molecule has 1 N–H and O–H groups in total. The van der Waals surface area contributed by atoms with Gasteiger partial charge in [0.2, 0.25) is 12.7 Å². The second-order valence-corrected chi connectivity index (χ2v) is 8.23. The summed E-state index contributed by atoms with van der Waals surface area (Å²) in [4.78, 5) is 17.4. The first-order valence-corrected chi connectivity index (χ1v) is 10.3. The minimum atomic E-state index is -0.367. The van der Waals surface area contributed by atoms with Crippen molar-refractivity contribution < 1.29 is 19.0 Å². The number of carbonyl (C=O) groups is 1. The normalized spacial score (nSPS) is 13.6. The minimum Gasteiger partial charge on any atom is -0.454 e. The third kappa shape index (κ3) is 4.29. The van der Waals surface area contributed by atoms with E-state index in [2.05, 4.69) is 10.3 Å². The van der Waals surface area contributed by atoms with Gasteiger partial charge < -0.3 is 24.1 Å². The van der Waals surface area contributed by atoms with Gasteiger partial charge in [-0.2, -0.15) is 0 Å². The lowest BCUT2D eigenvalue weighted by molar-refractivity contribution is -0.115. The van der Waals surface area contributed by atoms with Crippen LogP contribution in [0, 0.1) is 0 Å². The van der Waals surface area contributed by atoms with E-state index in [-0.39, 0.29) is 18.0 Å². The molecule has 1 aliphatic rings. The number of ether oxygens (including phenoxy) is 3. The van der Waals surface area contributed by atoms with Crippen LogP contribution in [0.1, 0.15) is 6.92 Å². The molecule has 9 heteroatoms. The number of hydrogen-bond acceptors (Lipinski definition) is 6. The summed E-state index contributed by atoms with van der Waals surface area (Å²) in [6, 6.07) is 10.9. The first-order valence-electron chi connectivity index (χ1n) is 9.07. The van der Waals surface area contributed by atoms with Crippen LogP contribution in [-0.4, -0.2) is 41.2 Å². The Bertz CT molecular complexity index is 1060. The van der Waals surface area contributed by atoms with Gasteiger partial charge in [-0.05, 0) is 37.3 Å². The maximum Gasteiger partial charge on any atom is 0.237 e. The van der Waals surface area contributed by atoms with Crippen molar-refractivity contribution >= 4 is 46.0 Å². The molecule has 0 unspecified atom stereocenters. The van der Waals surface area contributed by atoms with Gasteiger partial charge in [-0.25, -0.2) is 4.98 Å². The number of fused-ring (bicyclic) bond motifs is 2. The molecule has 1 atom stereocenters. The second kappa shape index (κ2) is 8.52. The number of halogens is 1. The van der Waals surface area contributed by atoms with Crippen LogP contribution in [-0.2, 0) is 16.1 Å². The highest BCUT2D eigenvalue weighted by atomic mass is 35.5. The van der Waals surface area contributed by atoms with Crippen molar-refractivity contribution in [3.05, 3.63) is 41.4 Å². The zero-order valence-electron chi connectivity index (χ0n) is 16.0. The third-order valence-electron chi connectivity index (χ3n) is 4.49. The smallest absolute Gasteiger partial charge is 0.237 e. The first-order chi connectivity index (χ1) is 14.0. The van der Waals surface area contributed by atoms with Crippen LogP contribution in [0.25, 0.3) is 11.0 Å². The molecule has 3 aromatic rings. The lowest BCUT2D eigenvalue weighted by atomic mass is 10.2. The standard InChI is InChI=1S/C20H20ClN3O4S/c1-12(19(25)22-14-4-6-17-18(10-14)28-11-27-17)29-20-23-15-9-13(21)3-5-16(15)24(20)7-8-26-2/h3-6,9-10,12H,7-8,11H2,1-2H3,(H,22,25)/t12-/m1/s1. The van der Waals surface area contributed by atoms with Crippen LogP contribution < -0.4 is 14.8 Å². The molecule has 1 aliphatic heterocycles. The number of methoxy groups -OCH3 is 1. The summed E-state index contributed by atoms with van der Waals surface area (Å²) >= 11 is 7.50. The van der Waals surface area contributed by atoms with E-state index in [4.69, 9.17) is 25.8 Å². The van der Waals surface area contributed by atoms with Crippen LogP contribution in [0.4, 0.5) is 5.69 Å². The van der Waals surface area contributed by atoms with Crippen molar-refractivity contribution in [2.75, 3.05) is 25.8 Å². The van der Waals surface area contributed by atoms with Gasteiger partial charge in [0.15, 0.2) is 16.7 Å². The summed E-state index contributed by atoms with van der Waals surface area (Å²) in [5.41, 5.74) is 2.41. The molecular formula is C20H20ClN3O4S. The highest BCUT2D eigenvalue weighted by molar-refractivity contribution is 8.00. The Balaban J connectivity index is 1.51. The molecule has 0 fully saturated rings. The maximum atomic E-state index is 12.7. The molecular weight excluding hydrogens is 414 g/mol. The van der Waals surface area contributed by atoms with E-state index in [9.17, 15) is 4.79 Å². The molecule has 7 nitrogen and oxygen atoms in total. The summed E-state index contributed by atoms with van der Waals surface area (Å²) < 4.78 is 17.9. The molecule has 0 spiro atoms. The van der Waals surface area contributed by atoms with Crippen molar-refractivity contribution in [2.24, 2.45) is 0 Å². The summed E-state index contributed by atoms with van der Waals surface area (Å²) in [7, 11) is 1.66. The molecule has 0 bridgehead atoms. The zero-order valence-corrected chi connectivity index (χ0v) is 17.5. The van der Waals surface area contributed by atoms with Gasteiger partial charge in [0, 0.05) is 30.4 Å². The molecule has 152 valence electrons. The van der Waals surface area contributed by atoms with Crippen LogP contribution in [0.5, 0.6) is 11.5 Å². The first kappa shape index (κ1) is 19.9. The Hall–Kier alpha value is -2.42. The molecule has 2 heterocycles. The Morgan fingerprint density at radius 1 is 1.31 bits per heavy atom. The largest absolute Gasteiger partial charge is 0.454 e. The van der Waals surface area contributed by atoms with Gasteiger partial charge in [-0.15, -0.1) is 0 Å². The number of hydrogen-bond donors (Lipinski definition) is 1. The predicted molar refractivity (Wildman–Crippen MR) is 113 cm³/mol. The average Bonchev–Trinajstić information content (AvgIpc) is 3.29. The highest BCUT2D eigenvalue weighted by Gasteiger charge is 2.21.